The van der Waals surface area contributed by atoms with Gasteiger partial charge in [0.15, 0.2) is 0 Å². The monoisotopic (exact) mass is 454 g/mol. The number of anilines is 2. The minimum atomic E-state index is 0.516. The number of ether oxygens (including phenoxy) is 1. The van der Waals surface area contributed by atoms with Gasteiger partial charge in [0.2, 0.25) is 0 Å². The molecule has 0 fully saturated rings. The van der Waals surface area contributed by atoms with Gasteiger partial charge in [-0.3, -0.25) is 0 Å². The van der Waals surface area contributed by atoms with E-state index in [9.17, 15) is 0 Å². The van der Waals surface area contributed by atoms with Crippen molar-refractivity contribution >= 4 is 33.3 Å². The third kappa shape index (κ3) is 5.94. The van der Waals surface area contributed by atoms with E-state index in [0.717, 1.165) is 27.0 Å². The van der Waals surface area contributed by atoms with E-state index < -0.39 is 0 Å². The number of nitrogens with two attached hydrogens (primary N) is 2. The van der Waals surface area contributed by atoms with Crippen LogP contribution >= 0.6 is 15.9 Å². The van der Waals surface area contributed by atoms with Crippen LogP contribution in [-0.4, -0.2) is 22.1 Å². The smallest absolute Gasteiger partial charge is 0.133 e. The fourth-order valence-corrected chi connectivity index (χ4v) is 3.29. The lowest BCUT2D eigenvalue weighted by Gasteiger charge is -2.16. The van der Waals surface area contributed by atoms with Gasteiger partial charge in [-0.15, -0.1) is 0 Å². The Bertz CT molecular complexity index is 986. The van der Waals surface area contributed by atoms with Gasteiger partial charge in [-0.2, -0.15) is 0 Å². The average Bonchev–Trinajstić information content (AvgIpc) is 2.68. The van der Waals surface area contributed by atoms with E-state index >= 15 is 0 Å². The second kappa shape index (κ2) is 9.40. The van der Waals surface area contributed by atoms with Gasteiger partial charge >= 0.3 is 0 Å². The number of hydrogen-bond acceptors (Lipinski definition) is 7. The number of halogens is 1. The van der Waals surface area contributed by atoms with Crippen molar-refractivity contribution in [1.29, 1.82) is 0 Å². The van der Waals surface area contributed by atoms with Gasteiger partial charge in [0, 0.05) is 18.0 Å². The highest BCUT2D eigenvalue weighted by Crippen LogP contribution is 2.20. The number of benzene rings is 1. The van der Waals surface area contributed by atoms with E-state index in [2.05, 4.69) is 31.2 Å². The Labute approximate surface area is 178 Å². The van der Waals surface area contributed by atoms with Crippen molar-refractivity contribution in [1.82, 2.24) is 15.0 Å². The third-order valence-electron chi connectivity index (χ3n) is 4.12. The largest absolute Gasteiger partial charge is 0.497 e. The van der Waals surface area contributed by atoms with Gasteiger partial charge < -0.3 is 20.8 Å². The molecule has 0 saturated heterocycles. The van der Waals surface area contributed by atoms with Crippen molar-refractivity contribution in [2.45, 2.75) is 13.5 Å². The SMILES string of the molecule is COc1ccc(CN(N)/C=C(\N)c2ccnc(Nc3cc(C)cc(Br)n3)c2)cc1. The van der Waals surface area contributed by atoms with Crippen LogP contribution in [0.4, 0.5) is 11.6 Å². The van der Waals surface area contributed by atoms with E-state index in [4.69, 9.17) is 16.3 Å². The zero-order chi connectivity index (χ0) is 20.8. The highest BCUT2D eigenvalue weighted by molar-refractivity contribution is 9.10. The van der Waals surface area contributed by atoms with Crippen LogP contribution in [0.5, 0.6) is 5.75 Å². The molecule has 0 aliphatic heterocycles. The highest BCUT2D eigenvalue weighted by Gasteiger charge is 2.05. The van der Waals surface area contributed by atoms with Gasteiger partial charge in [-0.25, -0.2) is 15.8 Å². The molecular weight excluding hydrogens is 432 g/mol. The van der Waals surface area contributed by atoms with Gasteiger partial charge in [0.1, 0.15) is 22.0 Å². The normalized spacial score (nSPS) is 11.2. The maximum absolute atomic E-state index is 6.25. The summed E-state index contributed by atoms with van der Waals surface area (Å²) in [7, 11) is 1.64. The molecule has 0 spiro atoms. The topological polar surface area (TPSA) is 102 Å². The van der Waals surface area contributed by atoms with E-state index in [1.165, 1.54) is 0 Å². The van der Waals surface area contributed by atoms with Crippen LogP contribution in [0.2, 0.25) is 0 Å². The first-order valence-electron chi connectivity index (χ1n) is 8.92. The standard InChI is InChI=1S/C21H23BrN6O/c1-14-9-19(22)26-21(10-14)27-20-11-16(7-8-25-20)18(23)13-28(24)12-15-3-5-17(29-2)6-4-15/h3-11,13H,12,23-24H2,1-2H3,(H,25,26,27)/b18-13-. The Kier molecular flexibility index (Phi) is 6.69. The molecule has 0 saturated carbocycles. The lowest BCUT2D eigenvalue weighted by atomic mass is 10.2. The molecule has 0 amide bonds. The molecular formula is C21H23BrN6O. The summed E-state index contributed by atoms with van der Waals surface area (Å²) < 4.78 is 5.92. The van der Waals surface area contributed by atoms with Crippen LogP contribution in [0.3, 0.4) is 0 Å². The Morgan fingerprint density at radius 3 is 2.62 bits per heavy atom. The van der Waals surface area contributed by atoms with Crippen molar-refractivity contribution in [3.8, 4) is 5.75 Å². The molecule has 5 N–H and O–H groups in total. The zero-order valence-electron chi connectivity index (χ0n) is 16.3. The van der Waals surface area contributed by atoms with Gasteiger partial charge in [0.25, 0.3) is 0 Å². The summed E-state index contributed by atoms with van der Waals surface area (Å²) >= 11 is 3.40. The van der Waals surface area contributed by atoms with Crippen LogP contribution in [0.1, 0.15) is 16.7 Å². The summed E-state index contributed by atoms with van der Waals surface area (Å²) in [5.74, 6) is 8.25. The van der Waals surface area contributed by atoms with Crippen molar-refractivity contribution in [2.24, 2.45) is 11.6 Å². The number of aromatic nitrogens is 2. The van der Waals surface area contributed by atoms with Gasteiger partial charge in [0.05, 0.1) is 19.4 Å². The fourth-order valence-electron chi connectivity index (χ4n) is 2.74. The van der Waals surface area contributed by atoms with E-state index in [1.54, 1.807) is 24.5 Å². The van der Waals surface area contributed by atoms with Crippen molar-refractivity contribution in [2.75, 3.05) is 12.4 Å². The lowest BCUT2D eigenvalue weighted by Crippen LogP contribution is -2.25. The number of methoxy groups -OCH3 is 1. The van der Waals surface area contributed by atoms with Gasteiger partial charge in [-0.05, 0) is 70.4 Å². The van der Waals surface area contributed by atoms with Crippen LogP contribution in [-0.2, 0) is 6.54 Å². The van der Waals surface area contributed by atoms with Gasteiger partial charge in [-0.1, -0.05) is 12.1 Å². The zero-order valence-corrected chi connectivity index (χ0v) is 17.8. The maximum Gasteiger partial charge on any atom is 0.133 e. The van der Waals surface area contributed by atoms with Crippen LogP contribution in [0, 0.1) is 6.92 Å². The Morgan fingerprint density at radius 2 is 1.93 bits per heavy atom. The summed E-state index contributed by atoms with van der Waals surface area (Å²) in [6.45, 7) is 2.52. The minimum Gasteiger partial charge on any atom is -0.497 e. The number of nitrogens with zero attached hydrogens (tertiary/aromatic N) is 3. The summed E-state index contributed by atoms with van der Waals surface area (Å²) in [4.78, 5) is 8.73. The molecule has 2 aromatic heterocycles. The third-order valence-corrected chi connectivity index (χ3v) is 4.52. The van der Waals surface area contributed by atoms with Crippen molar-refractivity contribution in [3.63, 3.8) is 0 Å². The second-order valence-electron chi connectivity index (χ2n) is 6.51. The number of rotatable bonds is 7. The molecule has 0 unspecified atom stereocenters. The van der Waals surface area contributed by atoms with Crippen molar-refractivity contribution in [3.05, 3.63) is 82.2 Å². The first kappa shape index (κ1) is 20.6. The molecule has 3 aromatic rings. The number of hydrogen-bond donors (Lipinski definition) is 3. The number of pyridine rings is 2. The molecule has 2 heterocycles. The molecule has 0 atom stereocenters. The molecule has 150 valence electrons. The molecule has 1 aromatic carbocycles. The predicted octanol–water partition coefficient (Wildman–Crippen LogP) is 3.93. The quantitative estimate of drug-likeness (QED) is 0.282. The van der Waals surface area contributed by atoms with Crippen LogP contribution in [0.15, 0.2) is 65.5 Å². The van der Waals surface area contributed by atoms with Crippen LogP contribution < -0.4 is 21.6 Å². The van der Waals surface area contributed by atoms with Crippen LogP contribution in [0.25, 0.3) is 5.70 Å². The molecule has 0 aliphatic carbocycles. The first-order valence-corrected chi connectivity index (χ1v) is 9.71. The Hall–Kier alpha value is -3.10. The molecule has 29 heavy (non-hydrogen) atoms. The highest BCUT2D eigenvalue weighted by atomic mass is 79.9. The molecule has 7 nitrogen and oxygen atoms in total. The van der Waals surface area contributed by atoms with E-state index in [-0.39, 0.29) is 0 Å². The molecule has 0 bridgehead atoms. The summed E-state index contributed by atoms with van der Waals surface area (Å²) in [6, 6.07) is 15.3. The molecule has 0 radical (unpaired) electrons. The molecule has 0 aliphatic rings. The molecule has 3 rings (SSSR count). The van der Waals surface area contributed by atoms with Crippen molar-refractivity contribution < 1.29 is 4.74 Å². The number of aryl methyl sites for hydroxylation is 1. The van der Waals surface area contributed by atoms with E-state index in [1.807, 2.05) is 55.5 Å². The fraction of sp³-hybridized carbons (Fsp3) is 0.143. The number of nitrogens with one attached hydrogen (secondary N) is 1. The molecule has 8 heteroatoms. The predicted molar refractivity (Wildman–Crippen MR) is 119 cm³/mol. The second-order valence-corrected chi connectivity index (χ2v) is 7.32. The summed E-state index contributed by atoms with van der Waals surface area (Å²) in [5.41, 5.74) is 9.72. The lowest BCUT2D eigenvalue weighted by molar-refractivity contribution is 0.386. The number of hydrazine groups is 1. The summed E-state index contributed by atoms with van der Waals surface area (Å²) in [5, 5.41) is 4.74. The minimum absolute atomic E-state index is 0.516. The Balaban J connectivity index is 1.70. The average molecular weight is 455 g/mol. The first-order chi connectivity index (χ1) is 13.9. The van der Waals surface area contributed by atoms with E-state index in [0.29, 0.717) is 23.9 Å². The Morgan fingerprint density at radius 1 is 1.17 bits per heavy atom. The summed E-state index contributed by atoms with van der Waals surface area (Å²) in [6.07, 6.45) is 3.39. The maximum atomic E-state index is 6.25.